The number of benzene rings is 1. The van der Waals surface area contributed by atoms with Gasteiger partial charge in [0.15, 0.2) is 0 Å². The summed E-state index contributed by atoms with van der Waals surface area (Å²) in [6, 6.07) is 4.78. The van der Waals surface area contributed by atoms with E-state index < -0.39 is 0 Å². The van der Waals surface area contributed by atoms with E-state index in [9.17, 15) is 9.18 Å². The molecular weight excluding hydrogens is 205 g/mol. The summed E-state index contributed by atoms with van der Waals surface area (Å²) >= 11 is 0. The van der Waals surface area contributed by atoms with E-state index in [-0.39, 0.29) is 11.7 Å². The maximum absolute atomic E-state index is 13.0. The number of hydrogen-bond acceptors (Lipinski definition) is 1. The van der Waals surface area contributed by atoms with Gasteiger partial charge in [-0.1, -0.05) is 12.8 Å². The van der Waals surface area contributed by atoms with E-state index in [1.54, 1.807) is 13.0 Å². The van der Waals surface area contributed by atoms with Crippen molar-refractivity contribution in [2.45, 2.75) is 38.6 Å². The molecule has 1 aromatic carbocycles. The molecule has 0 spiro atoms. The molecule has 2 rings (SSSR count). The molecule has 1 aromatic rings. The molecule has 2 nitrogen and oxygen atoms in total. The van der Waals surface area contributed by atoms with E-state index in [1.807, 2.05) is 0 Å². The predicted molar refractivity (Wildman–Crippen MR) is 60.9 cm³/mol. The Kier molecular flexibility index (Phi) is 3.22. The lowest BCUT2D eigenvalue weighted by Gasteiger charge is -2.12. The summed E-state index contributed by atoms with van der Waals surface area (Å²) in [5, 5.41) is 2.98. The molecule has 0 aliphatic heterocycles. The summed E-state index contributed by atoms with van der Waals surface area (Å²) in [5.74, 6) is -0.354. The van der Waals surface area contributed by atoms with Crippen LogP contribution in [0.4, 0.5) is 4.39 Å². The summed E-state index contributed by atoms with van der Waals surface area (Å²) in [6.45, 7) is 1.67. The van der Waals surface area contributed by atoms with Crippen LogP contribution in [-0.4, -0.2) is 11.9 Å². The third-order valence-electron chi connectivity index (χ3n) is 3.11. The summed E-state index contributed by atoms with van der Waals surface area (Å²) in [4.78, 5) is 11.8. The number of carbonyl (C=O) groups excluding carboxylic acids is 1. The first-order valence-electron chi connectivity index (χ1n) is 5.74. The van der Waals surface area contributed by atoms with Crippen molar-refractivity contribution in [3.8, 4) is 0 Å². The summed E-state index contributed by atoms with van der Waals surface area (Å²) in [6.07, 6.45) is 4.50. The van der Waals surface area contributed by atoms with Crippen LogP contribution in [0.3, 0.4) is 0 Å². The van der Waals surface area contributed by atoms with Gasteiger partial charge in [0, 0.05) is 11.6 Å². The van der Waals surface area contributed by atoms with Crippen LogP contribution < -0.4 is 5.32 Å². The van der Waals surface area contributed by atoms with E-state index in [2.05, 4.69) is 5.32 Å². The lowest BCUT2D eigenvalue weighted by Crippen LogP contribution is -2.32. The molecule has 1 saturated carbocycles. The maximum atomic E-state index is 13.0. The standard InChI is InChI=1S/C13H16FNO/c1-9-8-10(6-7-12(9)14)13(16)15-11-4-2-3-5-11/h6-8,11H,2-5H2,1H3,(H,15,16). The molecule has 0 atom stereocenters. The number of carbonyl (C=O) groups is 1. The minimum absolute atomic E-state index is 0.0880. The van der Waals surface area contributed by atoms with Gasteiger partial charge in [-0.05, 0) is 43.5 Å². The highest BCUT2D eigenvalue weighted by atomic mass is 19.1. The van der Waals surface area contributed by atoms with Gasteiger partial charge < -0.3 is 5.32 Å². The Morgan fingerprint density at radius 2 is 2.06 bits per heavy atom. The SMILES string of the molecule is Cc1cc(C(=O)NC2CCCC2)ccc1F. The topological polar surface area (TPSA) is 29.1 Å². The van der Waals surface area contributed by atoms with E-state index in [0.717, 1.165) is 12.8 Å². The third-order valence-corrected chi connectivity index (χ3v) is 3.11. The van der Waals surface area contributed by atoms with Gasteiger partial charge in [-0.25, -0.2) is 4.39 Å². The van der Waals surface area contributed by atoms with Crippen LogP contribution in [0, 0.1) is 12.7 Å². The number of aryl methyl sites for hydroxylation is 1. The molecular formula is C13H16FNO. The van der Waals surface area contributed by atoms with Crippen molar-refractivity contribution in [1.82, 2.24) is 5.32 Å². The fraction of sp³-hybridized carbons (Fsp3) is 0.462. The Morgan fingerprint density at radius 1 is 1.38 bits per heavy atom. The second kappa shape index (κ2) is 4.64. The van der Waals surface area contributed by atoms with Gasteiger partial charge in [0.05, 0.1) is 0 Å². The molecule has 1 amide bonds. The van der Waals surface area contributed by atoms with Crippen molar-refractivity contribution < 1.29 is 9.18 Å². The van der Waals surface area contributed by atoms with Crippen LogP contribution in [0.15, 0.2) is 18.2 Å². The van der Waals surface area contributed by atoms with Gasteiger partial charge in [0.1, 0.15) is 5.82 Å². The Morgan fingerprint density at radius 3 is 2.69 bits per heavy atom. The Labute approximate surface area is 94.9 Å². The minimum Gasteiger partial charge on any atom is -0.349 e. The van der Waals surface area contributed by atoms with Crippen LogP contribution in [0.25, 0.3) is 0 Å². The molecule has 3 heteroatoms. The lowest BCUT2D eigenvalue weighted by atomic mass is 10.1. The first-order valence-corrected chi connectivity index (χ1v) is 5.74. The summed E-state index contributed by atoms with van der Waals surface area (Å²) in [7, 11) is 0. The van der Waals surface area contributed by atoms with Gasteiger partial charge in [-0.15, -0.1) is 0 Å². The number of nitrogens with one attached hydrogen (secondary N) is 1. The predicted octanol–water partition coefficient (Wildman–Crippen LogP) is 2.81. The highest BCUT2D eigenvalue weighted by Gasteiger charge is 2.18. The zero-order valence-electron chi connectivity index (χ0n) is 9.42. The van der Waals surface area contributed by atoms with E-state index in [0.29, 0.717) is 17.2 Å². The highest BCUT2D eigenvalue weighted by molar-refractivity contribution is 5.94. The van der Waals surface area contributed by atoms with Crippen molar-refractivity contribution in [1.29, 1.82) is 0 Å². The average Bonchev–Trinajstić information content (AvgIpc) is 2.74. The van der Waals surface area contributed by atoms with Crippen LogP contribution in [0.2, 0.25) is 0 Å². The lowest BCUT2D eigenvalue weighted by molar-refractivity contribution is 0.0937. The van der Waals surface area contributed by atoms with Gasteiger partial charge >= 0.3 is 0 Å². The molecule has 86 valence electrons. The first kappa shape index (κ1) is 11.1. The number of rotatable bonds is 2. The largest absolute Gasteiger partial charge is 0.349 e. The Hall–Kier alpha value is -1.38. The molecule has 0 aromatic heterocycles. The summed E-state index contributed by atoms with van der Waals surface area (Å²) < 4.78 is 13.0. The third kappa shape index (κ3) is 2.40. The van der Waals surface area contributed by atoms with Crippen LogP contribution in [-0.2, 0) is 0 Å². The average molecular weight is 221 g/mol. The monoisotopic (exact) mass is 221 g/mol. The van der Waals surface area contributed by atoms with Crippen molar-refractivity contribution in [2.75, 3.05) is 0 Å². The van der Waals surface area contributed by atoms with E-state index >= 15 is 0 Å². The molecule has 0 unspecified atom stereocenters. The number of hydrogen-bond donors (Lipinski definition) is 1. The molecule has 0 saturated heterocycles. The molecule has 1 N–H and O–H groups in total. The minimum atomic E-state index is -0.266. The van der Waals surface area contributed by atoms with Crippen LogP contribution >= 0.6 is 0 Å². The normalized spacial score (nSPS) is 16.4. The number of amides is 1. The summed E-state index contributed by atoms with van der Waals surface area (Å²) in [5.41, 5.74) is 1.06. The molecule has 16 heavy (non-hydrogen) atoms. The van der Waals surface area contributed by atoms with Crippen molar-refractivity contribution in [3.05, 3.63) is 35.1 Å². The zero-order valence-corrected chi connectivity index (χ0v) is 9.42. The fourth-order valence-corrected chi connectivity index (χ4v) is 2.12. The van der Waals surface area contributed by atoms with E-state index in [1.165, 1.54) is 25.0 Å². The quantitative estimate of drug-likeness (QED) is 0.817. The van der Waals surface area contributed by atoms with Crippen LogP contribution in [0.5, 0.6) is 0 Å². The molecule has 0 heterocycles. The van der Waals surface area contributed by atoms with Crippen molar-refractivity contribution in [2.24, 2.45) is 0 Å². The Balaban J connectivity index is 2.05. The van der Waals surface area contributed by atoms with Gasteiger partial charge in [0.2, 0.25) is 0 Å². The van der Waals surface area contributed by atoms with Gasteiger partial charge in [-0.3, -0.25) is 4.79 Å². The second-order valence-electron chi connectivity index (χ2n) is 4.42. The zero-order chi connectivity index (χ0) is 11.5. The first-order chi connectivity index (χ1) is 7.66. The molecule has 0 radical (unpaired) electrons. The van der Waals surface area contributed by atoms with Gasteiger partial charge in [0.25, 0.3) is 5.91 Å². The highest BCUT2D eigenvalue weighted by Crippen LogP contribution is 2.18. The Bertz CT molecular complexity index is 397. The van der Waals surface area contributed by atoms with Crippen LogP contribution in [0.1, 0.15) is 41.6 Å². The molecule has 1 aliphatic carbocycles. The van der Waals surface area contributed by atoms with Crippen molar-refractivity contribution >= 4 is 5.91 Å². The molecule has 0 bridgehead atoms. The van der Waals surface area contributed by atoms with E-state index in [4.69, 9.17) is 0 Å². The molecule has 1 aliphatic rings. The second-order valence-corrected chi connectivity index (χ2v) is 4.42. The number of halogens is 1. The smallest absolute Gasteiger partial charge is 0.251 e. The van der Waals surface area contributed by atoms with Gasteiger partial charge in [-0.2, -0.15) is 0 Å². The maximum Gasteiger partial charge on any atom is 0.251 e. The van der Waals surface area contributed by atoms with Crippen molar-refractivity contribution in [3.63, 3.8) is 0 Å². The fourth-order valence-electron chi connectivity index (χ4n) is 2.12. The molecule has 1 fully saturated rings.